The van der Waals surface area contributed by atoms with Crippen LogP contribution in [-0.2, 0) is 16.4 Å². The number of carbonyl (C=O) groups excluding carboxylic acids is 2. The van der Waals surface area contributed by atoms with Gasteiger partial charge in [-0.2, -0.15) is 4.68 Å². The van der Waals surface area contributed by atoms with Crippen molar-refractivity contribution in [2.45, 2.75) is 49.6 Å². The standard InChI is InChI=1S/C20H24N4O4S/c1-13(25)16-6-3-14(4-7-16)11-23(2)20(26)24-12-21-19(22-24)29(27,28)18-10-15-5-8-17(18)9-15/h3-4,6-7,12,15,17-18H,5,8-11H2,1-2H3/t15-,17+,18+/m0/s1. The van der Waals surface area contributed by atoms with Gasteiger partial charge in [-0.25, -0.2) is 18.2 Å². The molecule has 8 nitrogen and oxygen atoms in total. The van der Waals surface area contributed by atoms with Crippen molar-refractivity contribution in [2.75, 3.05) is 7.05 Å². The minimum absolute atomic E-state index is 0.0205. The van der Waals surface area contributed by atoms with Crippen molar-refractivity contribution in [3.05, 3.63) is 41.7 Å². The van der Waals surface area contributed by atoms with Crippen molar-refractivity contribution < 1.29 is 18.0 Å². The number of sulfone groups is 1. The molecular weight excluding hydrogens is 392 g/mol. The Hall–Kier alpha value is -2.55. The molecule has 0 unspecified atom stereocenters. The summed E-state index contributed by atoms with van der Waals surface area (Å²) < 4.78 is 26.8. The van der Waals surface area contributed by atoms with E-state index in [1.807, 2.05) is 0 Å². The van der Waals surface area contributed by atoms with E-state index in [-0.39, 0.29) is 16.9 Å². The van der Waals surface area contributed by atoms with Gasteiger partial charge in [0.2, 0.25) is 9.84 Å². The van der Waals surface area contributed by atoms with Crippen LogP contribution < -0.4 is 0 Å². The maximum absolute atomic E-state index is 12.9. The van der Waals surface area contributed by atoms with E-state index in [4.69, 9.17) is 0 Å². The van der Waals surface area contributed by atoms with E-state index >= 15 is 0 Å². The lowest BCUT2D eigenvalue weighted by Gasteiger charge is -2.20. The van der Waals surface area contributed by atoms with Crippen LogP contribution in [0.1, 0.15) is 48.5 Å². The van der Waals surface area contributed by atoms with E-state index in [1.54, 1.807) is 31.3 Å². The number of nitrogens with zero attached hydrogens (tertiary/aromatic N) is 4. The van der Waals surface area contributed by atoms with Gasteiger partial charge in [0.15, 0.2) is 5.78 Å². The minimum atomic E-state index is -3.63. The normalized spacial score (nSPS) is 23.3. The van der Waals surface area contributed by atoms with Gasteiger partial charge in [0.25, 0.3) is 5.16 Å². The number of carbonyl (C=O) groups is 2. The number of benzene rings is 1. The maximum atomic E-state index is 12.9. The fourth-order valence-corrected chi connectivity index (χ4v) is 6.48. The second-order valence-corrected chi connectivity index (χ2v) is 10.2. The van der Waals surface area contributed by atoms with Gasteiger partial charge in [-0.3, -0.25) is 4.79 Å². The van der Waals surface area contributed by atoms with E-state index in [9.17, 15) is 18.0 Å². The molecule has 2 aromatic rings. The highest BCUT2D eigenvalue weighted by Crippen LogP contribution is 2.48. The van der Waals surface area contributed by atoms with Gasteiger partial charge >= 0.3 is 6.03 Å². The SMILES string of the molecule is CC(=O)c1ccc(CN(C)C(=O)n2cnc(S(=O)(=O)[C@@H]3C[C@H]4CC[C@@H]3C4)n2)cc1. The summed E-state index contributed by atoms with van der Waals surface area (Å²) in [6.07, 6.45) is 4.85. The highest BCUT2D eigenvalue weighted by Gasteiger charge is 2.47. The van der Waals surface area contributed by atoms with Crippen LogP contribution in [0.25, 0.3) is 0 Å². The number of hydrogen-bond donors (Lipinski definition) is 0. The second kappa shape index (κ2) is 7.37. The summed E-state index contributed by atoms with van der Waals surface area (Å²) in [6.45, 7) is 1.79. The highest BCUT2D eigenvalue weighted by molar-refractivity contribution is 7.91. The molecule has 9 heteroatoms. The number of Topliss-reactive ketones (excluding diaryl/α,β-unsaturated/α-hetero) is 1. The zero-order chi connectivity index (χ0) is 20.8. The Morgan fingerprint density at radius 1 is 1.17 bits per heavy atom. The van der Waals surface area contributed by atoms with Crippen molar-refractivity contribution >= 4 is 21.7 Å². The fraction of sp³-hybridized carbons (Fsp3) is 0.500. The third kappa shape index (κ3) is 3.71. The Labute approximate surface area is 169 Å². The molecular formula is C20H24N4O4S. The molecule has 3 atom stereocenters. The van der Waals surface area contributed by atoms with E-state index < -0.39 is 21.1 Å². The maximum Gasteiger partial charge on any atom is 0.346 e. The predicted octanol–water partition coefficient (Wildman–Crippen LogP) is 2.54. The van der Waals surface area contributed by atoms with E-state index in [2.05, 4.69) is 10.1 Å². The Kier molecular flexibility index (Phi) is 5.02. The quantitative estimate of drug-likeness (QED) is 0.694. The fourth-order valence-electron chi connectivity index (χ4n) is 4.53. The summed E-state index contributed by atoms with van der Waals surface area (Å²) in [5, 5.41) is 3.30. The third-order valence-electron chi connectivity index (χ3n) is 6.10. The molecule has 4 rings (SSSR count). The van der Waals surface area contributed by atoms with Gasteiger partial charge in [0.05, 0.1) is 5.25 Å². The Morgan fingerprint density at radius 3 is 2.48 bits per heavy atom. The average molecular weight is 417 g/mol. The zero-order valence-electron chi connectivity index (χ0n) is 16.5. The lowest BCUT2D eigenvalue weighted by Crippen LogP contribution is -2.32. The molecule has 1 aromatic heterocycles. The van der Waals surface area contributed by atoms with Crippen molar-refractivity contribution in [2.24, 2.45) is 11.8 Å². The molecule has 1 aromatic carbocycles. The number of aromatic nitrogens is 3. The molecule has 2 bridgehead atoms. The molecule has 2 saturated carbocycles. The number of hydrogen-bond acceptors (Lipinski definition) is 6. The Bertz CT molecular complexity index is 1040. The van der Waals surface area contributed by atoms with Crippen molar-refractivity contribution in [3.63, 3.8) is 0 Å². The van der Waals surface area contributed by atoms with Crippen molar-refractivity contribution in [1.29, 1.82) is 0 Å². The van der Waals surface area contributed by atoms with Crippen LogP contribution in [0.2, 0.25) is 0 Å². The largest absolute Gasteiger partial charge is 0.346 e. The van der Waals surface area contributed by atoms with Gasteiger partial charge in [-0.05, 0) is 43.6 Å². The molecule has 0 spiro atoms. The molecule has 2 aliphatic rings. The van der Waals surface area contributed by atoms with E-state index in [0.717, 1.165) is 35.8 Å². The lowest BCUT2D eigenvalue weighted by atomic mass is 10.0. The first kappa shape index (κ1) is 19.8. The Morgan fingerprint density at radius 2 is 1.90 bits per heavy atom. The summed E-state index contributed by atoms with van der Waals surface area (Å²) in [5.74, 6) is 0.658. The first-order valence-electron chi connectivity index (χ1n) is 9.76. The molecule has 2 aliphatic carbocycles. The molecule has 0 saturated heterocycles. The van der Waals surface area contributed by atoms with Crippen molar-refractivity contribution in [3.8, 4) is 0 Å². The molecule has 1 heterocycles. The summed E-state index contributed by atoms with van der Waals surface area (Å²) in [5.41, 5.74) is 1.45. The third-order valence-corrected chi connectivity index (χ3v) is 8.17. The molecule has 29 heavy (non-hydrogen) atoms. The lowest BCUT2D eigenvalue weighted by molar-refractivity contribution is 0.101. The number of amides is 1. The van der Waals surface area contributed by atoms with Crippen LogP contribution in [0.4, 0.5) is 4.79 Å². The summed E-state index contributed by atoms with van der Waals surface area (Å²) in [6, 6.07) is 6.53. The minimum Gasteiger partial charge on any atom is -0.322 e. The van der Waals surface area contributed by atoms with Crippen molar-refractivity contribution in [1.82, 2.24) is 19.7 Å². The van der Waals surface area contributed by atoms with E-state index in [1.165, 1.54) is 11.8 Å². The molecule has 0 radical (unpaired) electrons. The molecule has 1 amide bonds. The van der Waals surface area contributed by atoms with Crippen LogP contribution >= 0.6 is 0 Å². The van der Waals surface area contributed by atoms with Gasteiger partial charge in [0, 0.05) is 19.2 Å². The van der Waals surface area contributed by atoms with Gasteiger partial charge < -0.3 is 4.90 Å². The Balaban J connectivity index is 1.45. The summed E-state index contributed by atoms with van der Waals surface area (Å²) in [7, 11) is -2.02. The van der Waals surface area contributed by atoms with E-state index in [0.29, 0.717) is 24.4 Å². The molecule has 154 valence electrons. The van der Waals surface area contributed by atoms with Crippen LogP contribution in [0.3, 0.4) is 0 Å². The van der Waals surface area contributed by atoms with Crippen LogP contribution in [-0.4, -0.2) is 52.2 Å². The van der Waals surface area contributed by atoms with Crippen LogP contribution in [0, 0.1) is 11.8 Å². The summed E-state index contributed by atoms with van der Waals surface area (Å²) in [4.78, 5) is 29.4. The number of fused-ring (bicyclic) bond motifs is 2. The first-order chi connectivity index (χ1) is 13.8. The topological polar surface area (TPSA) is 102 Å². The molecule has 0 N–H and O–H groups in total. The second-order valence-electron chi connectivity index (χ2n) is 8.12. The first-order valence-corrected chi connectivity index (χ1v) is 11.3. The number of rotatable bonds is 5. The predicted molar refractivity (Wildman–Crippen MR) is 105 cm³/mol. The zero-order valence-corrected chi connectivity index (χ0v) is 17.3. The van der Waals surface area contributed by atoms with Gasteiger partial charge in [-0.15, -0.1) is 5.10 Å². The highest BCUT2D eigenvalue weighted by atomic mass is 32.2. The smallest absolute Gasteiger partial charge is 0.322 e. The van der Waals surface area contributed by atoms with Gasteiger partial charge in [0.1, 0.15) is 6.33 Å². The van der Waals surface area contributed by atoms with Crippen LogP contribution in [0.5, 0.6) is 0 Å². The summed E-state index contributed by atoms with van der Waals surface area (Å²) >= 11 is 0. The molecule has 2 fully saturated rings. The van der Waals surface area contributed by atoms with Crippen LogP contribution in [0.15, 0.2) is 35.7 Å². The molecule has 0 aliphatic heterocycles. The number of ketones is 1. The monoisotopic (exact) mass is 416 g/mol. The van der Waals surface area contributed by atoms with Gasteiger partial charge in [-0.1, -0.05) is 30.7 Å². The average Bonchev–Trinajstić information content (AvgIpc) is 3.44.